The van der Waals surface area contributed by atoms with E-state index in [1.54, 1.807) is 0 Å². The van der Waals surface area contributed by atoms with E-state index in [1.807, 2.05) is 0 Å². The molecule has 0 heterocycles. The van der Waals surface area contributed by atoms with Gasteiger partial charge in [-0.3, -0.25) is 10.1 Å². The average Bonchev–Trinajstić information content (AvgIpc) is 2.34. The van der Waals surface area contributed by atoms with Crippen LogP contribution in [0.15, 0.2) is 27.6 Å². The molecule has 0 saturated heterocycles. The first-order valence-corrected chi connectivity index (χ1v) is 8.10. The second-order valence-corrected chi connectivity index (χ2v) is 6.87. The van der Waals surface area contributed by atoms with Gasteiger partial charge in [-0.15, -0.1) is 0 Å². The van der Waals surface area contributed by atoms with Crippen molar-refractivity contribution >= 4 is 48.6 Å². The van der Waals surface area contributed by atoms with Crippen LogP contribution in [0.25, 0.3) is 0 Å². The highest BCUT2D eigenvalue weighted by atomic mass is 35.7. The van der Waals surface area contributed by atoms with Gasteiger partial charge in [0.05, 0.1) is 9.96 Å². The Hall–Kier alpha value is -1.02. The lowest BCUT2D eigenvalue weighted by molar-refractivity contribution is -0.385. The number of ether oxygens (including phenoxy) is 1. The molecule has 20 heavy (non-hydrogen) atoms. The van der Waals surface area contributed by atoms with E-state index in [1.165, 1.54) is 13.0 Å². The fourth-order valence-electron chi connectivity index (χ4n) is 1.37. The van der Waals surface area contributed by atoms with Crippen LogP contribution < -0.4 is 4.74 Å². The average molecular weight is 361 g/mol. The van der Waals surface area contributed by atoms with Crippen molar-refractivity contribution in [2.45, 2.75) is 11.8 Å². The Morgan fingerprint density at radius 2 is 2.10 bits per heavy atom. The zero-order valence-corrected chi connectivity index (χ0v) is 13.1. The number of nitro benzene ring substituents is 1. The zero-order chi connectivity index (χ0) is 15.5. The summed E-state index contributed by atoms with van der Waals surface area (Å²) in [7, 11) is 1.04. The van der Waals surface area contributed by atoms with Crippen molar-refractivity contribution < 1.29 is 18.1 Å². The number of hydrogen-bond donors (Lipinski definition) is 0. The predicted molar refractivity (Wildman–Crippen MR) is 76.2 cm³/mol. The van der Waals surface area contributed by atoms with E-state index < -0.39 is 24.6 Å². The van der Waals surface area contributed by atoms with Crippen LogP contribution in [0.2, 0.25) is 0 Å². The second-order valence-electron chi connectivity index (χ2n) is 3.63. The standard InChI is InChI=1S/C10H8Cl3NO5S/c1-6-2-8(14(15)16)3-9(20(13,17)18)10(6)19-5-7(12)4-11/h2-4H,5H2,1H3/b7-4-. The third kappa shape index (κ3) is 4.24. The molecule has 10 heteroatoms. The molecular formula is C10H8Cl3NO5S. The zero-order valence-electron chi connectivity index (χ0n) is 9.97. The molecule has 0 bridgehead atoms. The number of aryl methyl sites for hydroxylation is 1. The molecule has 110 valence electrons. The van der Waals surface area contributed by atoms with Gasteiger partial charge in [-0.05, 0) is 12.5 Å². The van der Waals surface area contributed by atoms with Crippen LogP contribution in [-0.4, -0.2) is 19.9 Å². The molecule has 0 aliphatic heterocycles. The molecule has 0 aliphatic carbocycles. The summed E-state index contributed by atoms with van der Waals surface area (Å²) in [5, 5.41) is 10.9. The minimum atomic E-state index is -4.22. The molecule has 0 saturated carbocycles. The summed E-state index contributed by atoms with van der Waals surface area (Å²) in [4.78, 5) is 9.51. The van der Waals surface area contributed by atoms with Gasteiger partial charge in [0.25, 0.3) is 14.7 Å². The summed E-state index contributed by atoms with van der Waals surface area (Å²) >= 11 is 11.0. The molecule has 0 aliphatic rings. The molecule has 1 aromatic rings. The van der Waals surface area contributed by atoms with E-state index in [-0.39, 0.29) is 23.0 Å². The number of non-ortho nitro benzene ring substituents is 1. The van der Waals surface area contributed by atoms with Crippen LogP contribution in [0.1, 0.15) is 5.56 Å². The van der Waals surface area contributed by atoms with Crippen LogP contribution in [0.3, 0.4) is 0 Å². The van der Waals surface area contributed by atoms with Crippen molar-refractivity contribution in [2.24, 2.45) is 0 Å². The summed E-state index contributed by atoms with van der Waals surface area (Å²) in [6.07, 6.45) is 0. The normalized spacial score (nSPS) is 12.3. The van der Waals surface area contributed by atoms with Crippen LogP contribution >= 0.6 is 33.9 Å². The molecule has 0 atom stereocenters. The van der Waals surface area contributed by atoms with E-state index in [9.17, 15) is 18.5 Å². The lowest BCUT2D eigenvalue weighted by Crippen LogP contribution is -2.05. The smallest absolute Gasteiger partial charge is 0.271 e. The Morgan fingerprint density at radius 1 is 1.50 bits per heavy atom. The van der Waals surface area contributed by atoms with Gasteiger partial charge < -0.3 is 4.74 Å². The molecule has 0 spiro atoms. The molecule has 0 aromatic heterocycles. The fraction of sp³-hybridized carbons (Fsp3) is 0.200. The molecule has 1 aromatic carbocycles. The Morgan fingerprint density at radius 3 is 2.55 bits per heavy atom. The number of benzene rings is 1. The molecule has 6 nitrogen and oxygen atoms in total. The third-order valence-corrected chi connectivity index (χ3v) is 4.09. The van der Waals surface area contributed by atoms with Gasteiger partial charge in [0, 0.05) is 28.4 Å². The largest absolute Gasteiger partial charge is 0.486 e. The molecule has 0 radical (unpaired) electrons. The summed E-state index contributed by atoms with van der Waals surface area (Å²) in [6, 6.07) is 1.99. The Labute approximate surface area is 129 Å². The number of halogens is 3. The number of nitro groups is 1. The van der Waals surface area contributed by atoms with E-state index in [0.717, 1.165) is 11.6 Å². The highest BCUT2D eigenvalue weighted by Gasteiger charge is 2.24. The summed E-state index contributed by atoms with van der Waals surface area (Å²) in [5.74, 6) is -0.109. The molecule has 0 fully saturated rings. The maximum Gasteiger partial charge on any atom is 0.271 e. The first-order valence-electron chi connectivity index (χ1n) is 4.98. The van der Waals surface area contributed by atoms with Crippen molar-refractivity contribution in [2.75, 3.05) is 6.61 Å². The molecule has 0 N–H and O–H groups in total. The number of hydrogen-bond acceptors (Lipinski definition) is 5. The van der Waals surface area contributed by atoms with Gasteiger partial charge in [-0.2, -0.15) is 0 Å². The van der Waals surface area contributed by atoms with Gasteiger partial charge in [-0.25, -0.2) is 8.42 Å². The lowest BCUT2D eigenvalue weighted by atomic mass is 10.2. The maximum atomic E-state index is 11.5. The van der Waals surface area contributed by atoms with Gasteiger partial charge in [-0.1, -0.05) is 23.2 Å². The van der Waals surface area contributed by atoms with Crippen LogP contribution in [0.5, 0.6) is 5.75 Å². The van der Waals surface area contributed by atoms with Gasteiger partial charge in [0.2, 0.25) is 0 Å². The topological polar surface area (TPSA) is 86.5 Å². The van der Waals surface area contributed by atoms with Crippen LogP contribution in [0.4, 0.5) is 5.69 Å². The predicted octanol–water partition coefficient (Wildman–Crippen LogP) is 3.53. The maximum absolute atomic E-state index is 11.5. The molecular weight excluding hydrogens is 353 g/mol. The van der Waals surface area contributed by atoms with Gasteiger partial charge in [0.1, 0.15) is 17.3 Å². The van der Waals surface area contributed by atoms with E-state index in [0.29, 0.717) is 0 Å². The van der Waals surface area contributed by atoms with Crippen LogP contribution in [-0.2, 0) is 9.05 Å². The fourth-order valence-corrected chi connectivity index (χ4v) is 2.53. The minimum absolute atomic E-state index is 0.109. The quantitative estimate of drug-likeness (QED) is 0.455. The van der Waals surface area contributed by atoms with E-state index >= 15 is 0 Å². The lowest BCUT2D eigenvalue weighted by Gasteiger charge is -2.12. The van der Waals surface area contributed by atoms with E-state index in [2.05, 4.69) is 0 Å². The second kappa shape index (κ2) is 6.62. The van der Waals surface area contributed by atoms with Crippen molar-refractivity contribution in [1.29, 1.82) is 0 Å². The summed E-state index contributed by atoms with van der Waals surface area (Å²) in [5.41, 5.74) is 0.877. The van der Waals surface area contributed by atoms with Crippen LogP contribution in [0, 0.1) is 17.0 Å². The minimum Gasteiger partial charge on any atom is -0.486 e. The van der Waals surface area contributed by atoms with Gasteiger partial charge >= 0.3 is 0 Å². The third-order valence-electron chi connectivity index (χ3n) is 2.17. The molecule has 0 amide bonds. The molecule has 1 rings (SSSR count). The Bertz CT molecular complexity index is 672. The van der Waals surface area contributed by atoms with E-state index in [4.69, 9.17) is 38.6 Å². The SMILES string of the molecule is Cc1cc([N+](=O)[O-])cc(S(=O)(=O)Cl)c1OC/C(Cl)=C/Cl. The summed E-state index contributed by atoms with van der Waals surface area (Å²) < 4.78 is 28.2. The monoisotopic (exact) mass is 359 g/mol. The highest BCUT2D eigenvalue weighted by Crippen LogP contribution is 2.34. The van der Waals surface area contributed by atoms with Crippen molar-refractivity contribution in [1.82, 2.24) is 0 Å². The van der Waals surface area contributed by atoms with Crippen molar-refractivity contribution in [3.8, 4) is 5.75 Å². The highest BCUT2D eigenvalue weighted by molar-refractivity contribution is 8.13. The first-order chi connectivity index (χ1) is 9.16. The Kier molecular flexibility index (Phi) is 5.64. The van der Waals surface area contributed by atoms with Crippen molar-refractivity contribution in [3.63, 3.8) is 0 Å². The van der Waals surface area contributed by atoms with Crippen molar-refractivity contribution in [3.05, 3.63) is 38.4 Å². The number of rotatable bonds is 5. The first kappa shape index (κ1) is 17.0. The Balaban J connectivity index is 3.39. The van der Waals surface area contributed by atoms with Gasteiger partial charge in [0.15, 0.2) is 0 Å². The number of nitrogens with zero attached hydrogens (tertiary/aromatic N) is 1. The molecule has 0 unspecified atom stereocenters. The summed E-state index contributed by atoms with van der Waals surface area (Å²) in [6.45, 7) is 1.26.